The molecule has 3 N–H and O–H groups in total. The first-order chi connectivity index (χ1) is 17.3. The van der Waals surface area contributed by atoms with Crippen LogP contribution in [0.25, 0.3) is 11.1 Å². The van der Waals surface area contributed by atoms with Crippen molar-refractivity contribution in [3.05, 3.63) is 112 Å². The second-order valence-electron chi connectivity index (χ2n) is 8.06. The van der Waals surface area contributed by atoms with E-state index in [1.165, 1.54) is 30.3 Å². The summed E-state index contributed by atoms with van der Waals surface area (Å²) in [5.41, 5.74) is 3.42. The van der Waals surface area contributed by atoms with Gasteiger partial charge in [0, 0.05) is 22.5 Å². The highest BCUT2D eigenvalue weighted by Gasteiger charge is 2.26. The Morgan fingerprint density at radius 1 is 0.917 bits per heavy atom. The normalized spacial score (nSPS) is 12.1. The topological polar surface area (TPSA) is 112 Å². The van der Waals surface area contributed by atoms with Crippen molar-refractivity contribution in [3.63, 3.8) is 0 Å². The molecule has 0 spiro atoms. The van der Waals surface area contributed by atoms with E-state index in [2.05, 4.69) is 15.3 Å². The Labute approximate surface area is 209 Å². The largest absolute Gasteiger partial charge is 0.478 e. The fourth-order valence-electron chi connectivity index (χ4n) is 4.13. The lowest BCUT2D eigenvalue weighted by Crippen LogP contribution is -2.14. The number of halogens is 2. The van der Waals surface area contributed by atoms with E-state index in [9.17, 15) is 19.1 Å². The quantitative estimate of drug-likeness (QED) is 0.308. The summed E-state index contributed by atoms with van der Waals surface area (Å²) >= 11 is 6.29. The molecule has 2 heterocycles. The number of anilines is 2. The van der Waals surface area contributed by atoms with Crippen molar-refractivity contribution < 1.29 is 24.2 Å². The zero-order valence-electron chi connectivity index (χ0n) is 18.5. The average molecular weight is 502 g/mol. The standard InChI is InChI=1S/C27H17ClFN3O4/c28-16-6-9-18-20-11-23(32-17-7-4-14(5-8-17)26(33)34)30-12-15(20)13-31-25(21(18)10-16)24-19(27(35)36)2-1-3-22(24)29/h1-12H,13H2,(H,30,32)(H,33,34)(H,35,36). The highest BCUT2D eigenvalue weighted by atomic mass is 35.5. The number of rotatable bonds is 5. The molecule has 0 saturated heterocycles. The van der Waals surface area contributed by atoms with Crippen molar-refractivity contribution in [2.24, 2.45) is 4.99 Å². The molecule has 0 saturated carbocycles. The van der Waals surface area contributed by atoms with Crippen LogP contribution in [0, 0.1) is 5.82 Å². The van der Waals surface area contributed by atoms with Gasteiger partial charge < -0.3 is 15.5 Å². The zero-order chi connectivity index (χ0) is 25.4. The first kappa shape index (κ1) is 23.2. The fraction of sp³-hybridized carbons (Fsp3) is 0.0370. The van der Waals surface area contributed by atoms with E-state index in [1.54, 1.807) is 36.5 Å². The number of carbonyl (C=O) groups is 2. The van der Waals surface area contributed by atoms with Crippen LogP contribution in [0.2, 0.25) is 5.02 Å². The molecule has 4 aromatic rings. The van der Waals surface area contributed by atoms with Gasteiger partial charge in [-0.1, -0.05) is 23.7 Å². The van der Waals surface area contributed by atoms with Crippen molar-refractivity contribution in [1.82, 2.24) is 4.98 Å². The Hall–Kier alpha value is -4.56. The van der Waals surface area contributed by atoms with Crippen molar-refractivity contribution >= 4 is 40.8 Å². The van der Waals surface area contributed by atoms with E-state index in [4.69, 9.17) is 16.7 Å². The Balaban J connectivity index is 1.61. The summed E-state index contributed by atoms with van der Waals surface area (Å²) in [6, 6.07) is 17.1. The number of carboxylic acids is 2. The molecule has 1 aliphatic rings. The van der Waals surface area contributed by atoms with Gasteiger partial charge in [-0.2, -0.15) is 0 Å². The van der Waals surface area contributed by atoms with E-state index in [-0.39, 0.29) is 28.9 Å². The highest BCUT2D eigenvalue weighted by Crippen LogP contribution is 2.36. The maximum atomic E-state index is 15.0. The Kier molecular flexibility index (Phi) is 5.95. The van der Waals surface area contributed by atoms with E-state index in [0.29, 0.717) is 27.7 Å². The average Bonchev–Trinajstić information content (AvgIpc) is 3.00. The fourth-order valence-corrected chi connectivity index (χ4v) is 4.30. The Morgan fingerprint density at radius 2 is 1.69 bits per heavy atom. The van der Waals surface area contributed by atoms with Gasteiger partial charge >= 0.3 is 11.9 Å². The predicted molar refractivity (Wildman–Crippen MR) is 134 cm³/mol. The van der Waals surface area contributed by atoms with Gasteiger partial charge in [-0.3, -0.25) is 4.99 Å². The number of nitrogens with zero attached hydrogens (tertiary/aromatic N) is 2. The summed E-state index contributed by atoms with van der Waals surface area (Å²) in [6.07, 6.45) is 1.65. The molecule has 36 heavy (non-hydrogen) atoms. The minimum Gasteiger partial charge on any atom is -0.478 e. The van der Waals surface area contributed by atoms with Gasteiger partial charge in [-0.05, 0) is 71.3 Å². The molecular weight excluding hydrogens is 485 g/mol. The number of benzene rings is 3. The van der Waals surface area contributed by atoms with Crippen molar-refractivity contribution in [3.8, 4) is 11.1 Å². The molecule has 1 aliphatic heterocycles. The third-order valence-corrected chi connectivity index (χ3v) is 6.04. The Bertz CT molecular complexity index is 1570. The molecule has 0 fully saturated rings. The second kappa shape index (κ2) is 9.24. The summed E-state index contributed by atoms with van der Waals surface area (Å²) in [5, 5.41) is 22.3. The molecule has 178 valence electrons. The molecule has 7 nitrogen and oxygen atoms in total. The van der Waals surface area contributed by atoms with Crippen LogP contribution in [0.15, 0.2) is 77.9 Å². The first-order valence-corrected chi connectivity index (χ1v) is 11.2. The molecule has 0 radical (unpaired) electrons. The molecule has 0 bridgehead atoms. The Morgan fingerprint density at radius 3 is 2.42 bits per heavy atom. The lowest BCUT2D eigenvalue weighted by atomic mass is 9.91. The number of aromatic nitrogens is 1. The van der Waals surface area contributed by atoms with Crippen molar-refractivity contribution in [2.75, 3.05) is 5.32 Å². The molecule has 0 aliphatic carbocycles. The molecule has 9 heteroatoms. The lowest BCUT2D eigenvalue weighted by molar-refractivity contribution is 0.0685. The van der Waals surface area contributed by atoms with E-state index < -0.39 is 17.8 Å². The molecule has 0 amide bonds. The number of hydrogen-bond donors (Lipinski definition) is 3. The third kappa shape index (κ3) is 4.30. The van der Waals surface area contributed by atoms with Gasteiger partial charge in [0.25, 0.3) is 0 Å². The van der Waals surface area contributed by atoms with Crippen molar-refractivity contribution in [1.29, 1.82) is 0 Å². The molecule has 1 aromatic heterocycles. The van der Waals surface area contributed by atoms with Crippen LogP contribution in [0.5, 0.6) is 0 Å². The van der Waals surface area contributed by atoms with Crippen LogP contribution >= 0.6 is 11.6 Å². The summed E-state index contributed by atoms with van der Waals surface area (Å²) in [7, 11) is 0. The second-order valence-corrected chi connectivity index (χ2v) is 8.49. The zero-order valence-corrected chi connectivity index (χ0v) is 19.3. The number of aromatic carboxylic acids is 2. The van der Waals surface area contributed by atoms with Gasteiger partial charge in [-0.25, -0.2) is 19.0 Å². The molecule has 5 rings (SSSR count). The third-order valence-electron chi connectivity index (χ3n) is 5.81. The monoisotopic (exact) mass is 501 g/mol. The summed E-state index contributed by atoms with van der Waals surface area (Å²) < 4.78 is 15.0. The van der Waals surface area contributed by atoms with Gasteiger partial charge in [-0.15, -0.1) is 0 Å². The smallest absolute Gasteiger partial charge is 0.336 e. The predicted octanol–water partition coefficient (Wildman–Crippen LogP) is 6.03. The summed E-state index contributed by atoms with van der Waals surface area (Å²) in [5.74, 6) is -2.48. The first-order valence-electron chi connectivity index (χ1n) is 10.8. The van der Waals surface area contributed by atoms with Crippen LogP contribution in [-0.2, 0) is 6.54 Å². The molecule has 0 unspecified atom stereocenters. The van der Waals surface area contributed by atoms with Crippen LogP contribution < -0.4 is 5.32 Å². The summed E-state index contributed by atoms with van der Waals surface area (Å²) in [4.78, 5) is 32.0. The van der Waals surface area contributed by atoms with Gasteiger partial charge in [0.2, 0.25) is 0 Å². The number of carboxylic acid groups (broad SMARTS) is 2. The molecule has 0 atom stereocenters. The van der Waals surface area contributed by atoms with Crippen LogP contribution in [-0.4, -0.2) is 32.8 Å². The van der Waals surface area contributed by atoms with Gasteiger partial charge in [0.1, 0.15) is 11.6 Å². The van der Waals surface area contributed by atoms with Gasteiger partial charge in [0.05, 0.1) is 28.9 Å². The maximum absolute atomic E-state index is 15.0. The minimum absolute atomic E-state index is 0.105. The summed E-state index contributed by atoms with van der Waals surface area (Å²) in [6.45, 7) is 0.144. The lowest BCUT2D eigenvalue weighted by Gasteiger charge is -2.15. The molecule has 3 aromatic carbocycles. The van der Waals surface area contributed by atoms with E-state index in [0.717, 1.165) is 11.1 Å². The number of fused-ring (bicyclic) bond motifs is 3. The van der Waals surface area contributed by atoms with Crippen LogP contribution in [0.4, 0.5) is 15.9 Å². The van der Waals surface area contributed by atoms with Crippen LogP contribution in [0.1, 0.15) is 37.4 Å². The number of aliphatic imine (C=N–C) groups is 1. The number of pyridine rings is 1. The highest BCUT2D eigenvalue weighted by molar-refractivity contribution is 6.32. The van der Waals surface area contributed by atoms with E-state index >= 15 is 0 Å². The van der Waals surface area contributed by atoms with E-state index in [1.807, 2.05) is 6.07 Å². The minimum atomic E-state index is -1.26. The van der Waals surface area contributed by atoms with Crippen molar-refractivity contribution in [2.45, 2.75) is 6.54 Å². The van der Waals surface area contributed by atoms with Gasteiger partial charge in [0.15, 0.2) is 0 Å². The number of nitrogens with one attached hydrogen (secondary N) is 1. The maximum Gasteiger partial charge on any atom is 0.336 e. The molecular formula is C27H17ClFN3O4. The van der Waals surface area contributed by atoms with Crippen LogP contribution in [0.3, 0.4) is 0 Å². The number of hydrogen-bond acceptors (Lipinski definition) is 5. The SMILES string of the molecule is O=C(O)c1ccc(Nc2cc3c(cn2)CN=C(c2c(F)cccc2C(=O)O)c2cc(Cl)ccc2-3)cc1.